The molecule has 4 unspecified atom stereocenters. The molecule has 4 atom stereocenters. The van der Waals surface area contributed by atoms with Gasteiger partial charge in [0.15, 0.2) is 0 Å². The maximum absolute atomic E-state index is 4.14. The monoisotopic (exact) mass is 292 g/mol. The minimum atomic E-state index is 0.458. The molecule has 21 heavy (non-hydrogen) atoms. The average molecular weight is 293 g/mol. The molecule has 2 nitrogen and oxygen atoms in total. The van der Waals surface area contributed by atoms with Crippen molar-refractivity contribution in [3.8, 4) is 0 Å². The van der Waals surface area contributed by atoms with Gasteiger partial charge in [0.25, 0.3) is 0 Å². The highest BCUT2D eigenvalue weighted by Crippen LogP contribution is 2.39. The van der Waals surface area contributed by atoms with Crippen molar-refractivity contribution >= 4 is 0 Å². The van der Waals surface area contributed by atoms with Gasteiger partial charge in [0.05, 0.1) is 0 Å². The van der Waals surface area contributed by atoms with Gasteiger partial charge in [0.1, 0.15) is 0 Å². The SMILES string of the molecule is CN1C2CCCC1CC(NC1CCCCC1C(C)(C)C)C2. The summed E-state index contributed by atoms with van der Waals surface area (Å²) in [4.78, 5) is 2.68. The fraction of sp³-hybridized carbons (Fsp3) is 1.00. The maximum Gasteiger partial charge on any atom is 0.0110 e. The number of nitrogens with zero attached hydrogens (tertiary/aromatic N) is 1. The molecule has 0 aromatic heterocycles. The molecule has 2 heteroatoms. The van der Waals surface area contributed by atoms with Crippen LogP contribution in [0.2, 0.25) is 0 Å². The molecule has 1 aliphatic carbocycles. The van der Waals surface area contributed by atoms with E-state index in [-0.39, 0.29) is 0 Å². The molecule has 122 valence electrons. The Morgan fingerprint density at radius 1 is 0.857 bits per heavy atom. The first-order valence-electron chi connectivity index (χ1n) is 9.43. The van der Waals surface area contributed by atoms with Crippen LogP contribution in [0, 0.1) is 11.3 Å². The average Bonchev–Trinajstić information content (AvgIpc) is 2.39. The first kappa shape index (κ1) is 15.8. The second kappa shape index (κ2) is 6.20. The number of piperidine rings is 2. The lowest BCUT2D eigenvalue weighted by Crippen LogP contribution is -2.57. The van der Waals surface area contributed by atoms with Gasteiger partial charge >= 0.3 is 0 Å². The molecular weight excluding hydrogens is 256 g/mol. The molecule has 2 bridgehead atoms. The van der Waals surface area contributed by atoms with Crippen molar-refractivity contribution in [2.45, 2.75) is 103 Å². The van der Waals surface area contributed by atoms with Gasteiger partial charge in [-0.3, -0.25) is 0 Å². The van der Waals surface area contributed by atoms with Crippen molar-refractivity contribution in [3.05, 3.63) is 0 Å². The van der Waals surface area contributed by atoms with E-state index in [2.05, 4.69) is 38.0 Å². The summed E-state index contributed by atoms with van der Waals surface area (Å²) in [6.07, 6.45) is 12.8. The zero-order valence-corrected chi connectivity index (χ0v) is 14.7. The van der Waals surface area contributed by atoms with E-state index < -0.39 is 0 Å². The third kappa shape index (κ3) is 3.47. The van der Waals surface area contributed by atoms with Crippen LogP contribution in [0.1, 0.15) is 78.6 Å². The number of hydrogen-bond acceptors (Lipinski definition) is 2. The van der Waals surface area contributed by atoms with Crippen LogP contribution in [-0.2, 0) is 0 Å². The van der Waals surface area contributed by atoms with Gasteiger partial charge in [0.2, 0.25) is 0 Å². The largest absolute Gasteiger partial charge is 0.311 e. The van der Waals surface area contributed by atoms with Gasteiger partial charge < -0.3 is 10.2 Å². The van der Waals surface area contributed by atoms with Crippen LogP contribution in [-0.4, -0.2) is 36.1 Å². The first-order valence-corrected chi connectivity index (χ1v) is 9.43. The Balaban J connectivity index is 1.62. The Hall–Kier alpha value is -0.0800. The van der Waals surface area contributed by atoms with Crippen LogP contribution in [0.4, 0.5) is 0 Å². The lowest BCUT2D eigenvalue weighted by molar-refractivity contribution is 0.0347. The lowest BCUT2D eigenvalue weighted by Gasteiger charge is -2.49. The summed E-state index contributed by atoms with van der Waals surface area (Å²) in [6, 6.07) is 3.26. The number of rotatable bonds is 2. The fourth-order valence-corrected chi connectivity index (χ4v) is 5.42. The van der Waals surface area contributed by atoms with E-state index in [0.717, 1.165) is 30.1 Å². The maximum atomic E-state index is 4.14. The number of nitrogens with one attached hydrogen (secondary N) is 1. The predicted molar refractivity (Wildman–Crippen MR) is 90.5 cm³/mol. The molecule has 3 fully saturated rings. The predicted octanol–water partition coefficient (Wildman–Crippen LogP) is 4.20. The van der Waals surface area contributed by atoms with Gasteiger partial charge in [-0.05, 0) is 56.9 Å². The molecule has 3 aliphatic rings. The van der Waals surface area contributed by atoms with Gasteiger partial charge in [-0.25, -0.2) is 0 Å². The van der Waals surface area contributed by atoms with Crippen molar-refractivity contribution in [1.82, 2.24) is 10.2 Å². The van der Waals surface area contributed by atoms with E-state index in [9.17, 15) is 0 Å². The second-order valence-electron chi connectivity index (χ2n) is 9.10. The van der Waals surface area contributed by atoms with Crippen molar-refractivity contribution in [2.24, 2.45) is 11.3 Å². The lowest BCUT2D eigenvalue weighted by atomic mass is 9.69. The quantitative estimate of drug-likeness (QED) is 0.820. The van der Waals surface area contributed by atoms with Crippen molar-refractivity contribution in [1.29, 1.82) is 0 Å². The molecule has 3 rings (SSSR count). The van der Waals surface area contributed by atoms with Crippen molar-refractivity contribution in [3.63, 3.8) is 0 Å². The smallest absolute Gasteiger partial charge is 0.0110 e. The van der Waals surface area contributed by atoms with Gasteiger partial charge in [-0.15, -0.1) is 0 Å². The van der Waals surface area contributed by atoms with Crippen molar-refractivity contribution in [2.75, 3.05) is 7.05 Å². The Labute approximate surface area is 132 Å². The summed E-state index contributed by atoms with van der Waals surface area (Å²) in [5.74, 6) is 0.866. The Morgan fingerprint density at radius 3 is 2.10 bits per heavy atom. The molecule has 2 heterocycles. The second-order valence-corrected chi connectivity index (χ2v) is 9.10. The van der Waals surface area contributed by atoms with E-state index in [0.29, 0.717) is 5.41 Å². The molecule has 0 amide bonds. The summed E-state index contributed by atoms with van der Waals surface area (Å²) in [7, 11) is 2.36. The topological polar surface area (TPSA) is 15.3 Å². The van der Waals surface area contributed by atoms with E-state index in [4.69, 9.17) is 0 Å². The van der Waals surface area contributed by atoms with Gasteiger partial charge in [-0.1, -0.05) is 40.0 Å². The highest BCUT2D eigenvalue weighted by atomic mass is 15.2. The summed E-state index contributed by atoms with van der Waals surface area (Å²) in [5.41, 5.74) is 0.458. The zero-order chi connectivity index (χ0) is 15.0. The minimum Gasteiger partial charge on any atom is -0.311 e. The molecule has 2 saturated heterocycles. The number of hydrogen-bond donors (Lipinski definition) is 1. The molecule has 1 saturated carbocycles. The first-order chi connectivity index (χ1) is 9.95. The summed E-state index contributed by atoms with van der Waals surface area (Å²) >= 11 is 0. The van der Waals surface area contributed by atoms with Crippen LogP contribution in [0.5, 0.6) is 0 Å². The third-order valence-corrected chi connectivity index (χ3v) is 6.67. The van der Waals surface area contributed by atoms with Crippen LogP contribution < -0.4 is 5.32 Å². The Morgan fingerprint density at radius 2 is 1.48 bits per heavy atom. The molecule has 0 spiro atoms. The summed E-state index contributed by atoms with van der Waals surface area (Å²) in [5, 5.41) is 4.14. The summed E-state index contributed by atoms with van der Waals surface area (Å²) < 4.78 is 0. The van der Waals surface area contributed by atoms with Crippen LogP contribution in [0.25, 0.3) is 0 Å². The van der Waals surface area contributed by atoms with Crippen molar-refractivity contribution < 1.29 is 0 Å². The fourth-order valence-electron chi connectivity index (χ4n) is 5.42. The Bertz CT molecular complexity index is 332. The minimum absolute atomic E-state index is 0.458. The zero-order valence-electron chi connectivity index (χ0n) is 14.7. The summed E-state index contributed by atoms with van der Waals surface area (Å²) in [6.45, 7) is 7.34. The molecule has 0 aromatic rings. The van der Waals surface area contributed by atoms with Gasteiger partial charge in [-0.2, -0.15) is 0 Å². The molecule has 0 radical (unpaired) electrons. The standard InChI is InChI=1S/C19H36N2/c1-19(2,3)17-10-5-6-11-18(17)20-14-12-15-8-7-9-16(13-14)21(15)4/h14-18,20H,5-13H2,1-4H3. The molecule has 1 N–H and O–H groups in total. The van der Waals surface area contributed by atoms with Gasteiger partial charge in [0, 0.05) is 24.2 Å². The number of fused-ring (bicyclic) bond motifs is 2. The highest BCUT2D eigenvalue weighted by molar-refractivity contribution is 4.97. The molecule has 2 aliphatic heterocycles. The van der Waals surface area contributed by atoms with Crippen LogP contribution in [0.15, 0.2) is 0 Å². The molecule has 0 aromatic carbocycles. The third-order valence-electron chi connectivity index (χ3n) is 6.67. The van der Waals surface area contributed by atoms with Crippen LogP contribution >= 0.6 is 0 Å². The van der Waals surface area contributed by atoms with Crippen LogP contribution in [0.3, 0.4) is 0 Å². The Kier molecular flexibility index (Phi) is 4.66. The highest BCUT2D eigenvalue weighted by Gasteiger charge is 2.39. The molecular formula is C19H36N2. The van der Waals surface area contributed by atoms with E-state index in [1.54, 1.807) is 0 Å². The normalized spacial score (nSPS) is 42.0. The van der Waals surface area contributed by atoms with E-state index in [1.165, 1.54) is 57.8 Å². The van der Waals surface area contributed by atoms with E-state index >= 15 is 0 Å². The van der Waals surface area contributed by atoms with E-state index in [1.807, 2.05) is 0 Å².